The van der Waals surface area contributed by atoms with Gasteiger partial charge in [-0.1, -0.05) is 53.6 Å². The van der Waals surface area contributed by atoms with Crippen molar-refractivity contribution in [1.29, 1.82) is 0 Å². The highest BCUT2D eigenvalue weighted by atomic mass is 35.5. The second-order valence-electron chi connectivity index (χ2n) is 6.31. The van der Waals surface area contributed by atoms with Crippen LogP contribution in [0.2, 0.25) is 5.02 Å². The molecule has 0 spiro atoms. The zero-order valence-corrected chi connectivity index (χ0v) is 16.7. The fourth-order valence-corrected chi connectivity index (χ4v) is 3.85. The highest BCUT2D eigenvalue weighted by molar-refractivity contribution is 7.92. The zero-order valence-electron chi connectivity index (χ0n) is 15.1. The lowest BCUT2D eigenvalue weighted by Crippen LogP contribution is -2.23. The lowest BCUT2D eigenvalue weighted by atomic mass is 10.1. The van der Waals surface area contributed by atoms with Crippen molar-refractivity contribution in [3.8, 4) is 0 Å². The number of anilines is 1. The molecular formula is C21H19ClN2O3S. The maximum Gasteiger partial charge on any atom is 0.261 e. The van der Waals surface area contributed by atoms with Gasteiger partial charge in [0.15, 0.2) is 0 Å². The number of halogens is 1. The molecule has 3 aromatic rings. The number of carbonyl (C=O) groups is 1. The number of aryl methyl sites for hydroxylation is 1. The summed E-state index contributed by atoms with van der Waals surface area (Å²) in [5, 5.41) is 3.22. The van der Waals surface area contributed by atoms with E-state index < -0.39 is 10.0 Å². The Balaban J connectivity index is 1.73. The molecule has 5 nitrogen and oxygen atoms in total. The number of amides is 1. The van der Waals surface area contributed by atoms with E-state index in [1.165, 1.54) is 24.3 Å². The Labute approximate surface area is 169 Å². The van der Waals surface area contributed by atoms with E-state index in [0.29, 0.717) is 17.3 Å². The first-order valence-electron chi connectivity index (χ1n) is 8.56. The van der Waals surface area contributed by atoms with E-state index in [-0.39, 0.29) is 16.4 Å². The van der Waals surface area contributed by atoms with Crippen LogP contribution >= 0.6 is 11.6 Å². The van der Waals surface area contributed by atoms with Gasteiger partial charge in [-0.3, -0.25) is 9.52 Å². The van der Waals surface area contributed by atoms with Gasteiger partial charge in [-0.25, -0.2) is 8.42 Å². The Morgan fingerprint density at radius 1 is 0.964 bits per heavy atom. The molecule has 3 aromatic carbocycles. The van der Waals surface area contributed by atoms with Crippen molar-refractivity contribution in [3.05, 3.63) is 94.5 Å². The van der Waals surface area contributed by atoms with Gasteiger partial charge >= 0.3 is 0 Å². The molecule has 0 unspecified atom stereocenters. The number of carbonyl (C=O) groups excluding carboxylic acids is 1. The minimum Gasteiger partial charge on any atom is -0.348 e. The molecule has 1 amide bonds. The molecule has 28 heavy (non-hydrogen) atoms. The summed E-state index contributed by atoms with van der Waals surface area (Å²) in [7, 11) is -3.85. The van der Waals surface area contributed by atoms with Crippen molar-refractivity contribution in [3.63, 3.8) is 0 Å². The van der Waals surface area contributed by atoms with Crippen LogP contribution in [0.4, 0.5) is 5.69 Å². The summed E-state index contributed by atoms with van der Waals surface area (Å²) in [4.78, 5) is 12.4. The van der Waals surface area contributed by atoms with E-state index >= 15 is 0 Å². The predicted octanol–water partition coefficient (Wildman–Crippen LogP) is 4.38. The minimum absolute atomic E-state index is 0.00420. The summed E-state index contributed by atoms with van der Waals surface area (Å²) < 4.78 is 27.7. The lowest BCUT2D eigenvalue weighted by molar-refractivity contribution is 0.0950. The molecule has 0 bridgehead atoms. The number of hydrogen-bond acceptors (Lipinski definition) is 3. The SMILES string of the molecule is Cc1ccc(CNC(=O)c2cccc(S(=O)(=O)Nc3cccc(Cl)c3)c2)cc1. The summed E-state index contributed by atoms with van der Waals surface area (Å²) >= 11 is 5.89. The first kappa shape index (κ1) is 19.9. The average Bonchev–Trinajstić information content (AvgIpc) is 2.67. The standard InChI is InChI=1S/C21H19ClN2O3S/c1-15-8-10-16(11-9-15)14-23-21(25)17-4-2-7-20(12-17)28(26,27)24-19-6-3-5-18(22)13-19/h2-13,24H,14H2,1H3,(H,23,25). The van der Waals surface area contributed by atoms with Gasteiger partial charge in [-0.2, -0.15) is 0 Å². The number of benzene rings is 3. The van der Waals surface area contributed by atoms with Crippen molar-refractivity contribution in [2.45, 2.75) is 18.4 Å². The first-order valence-corrected chi connectivity index (χ1v) is 10.4. The first-order chi connectivity index (χ1) is 13.3. The Bertz CT molecular complexity index is 1100. The van der Waals surface area contributed by atoms with E-state index in [0.717, 1.165) is 11.1 Å². The second-order valence-corrected chi connectivity index (χ2v) is 8.43. The van der Waals surface area contributed by atoms with Crippen LogP contribution in [0.3, 0.4) is 0 Å². The van der Waals surface area contributed by atoms with Crippen LogP contribution in [0, 0.1) is 6.92 Å². The van der Waals surface area contributed by atoms with Crippen molar-refractivity contribution in [2.24, 2.45) is 0 Å². The minimum atomic E-state index is -3.85. The molecule has 7 heteroatoms. The van der Waals surface area contributed by atoms with Crippen molar-refractivity contribution in [1.82, 2.24) is 5.32 Å². The smallest absolute Gasteiger partial charge is 0.261 e. The van der Waals surface area contributed by atoms with E-state index in [1.54, 1.807) is 24.3 Å². The molecule has 0 aromatic heterocycles. The Kier molecular flexibility index (Phi) is 6.02. The zero-order chi connectivity index (χ0) is 20.1. The summed E-state index contributed by atoms with van der Waals surface area (Å²) in [6.45, 7) is 2.35. The highest BCUT2D eigenvalue weighted by Gasteiger charge is 2.16. The molecular weight excluding hydrogens is 396 g/mol. The van der Waals surface area contributed by atoms with Gasteiger partial charge in [0.1, 0.15) is 0 Å². The normalized spacial score (nSPS) is 11.1. The molecule has 0 saturated carbocycles. The number of nitrogens with one attached hydrogen (secondary N) is 2. The van der Waals surface area contributed by atoms with Gasteiger partial charge in [-0.05, 0) is 48.9 Å². The van der Waals surface area contributed by atoms with E-state index in [4.69, 9.17) is 11.6 Å². The molecule has 0 saturated heterocycles. The van der Waals surface area contributed by atoms with Crippen molar-refractivity contribution >= 4 is 33.2 Å². The molecule has 0 radical (unpaired) electrons. The molecule has 0 atom stereocenters. The Hall–Kier alpha value is -2.83. The summed E-state index contributed by atoms with van der Waals surface area (Å²) in [6, 6.07) is 20.1. The maximum absolute atomic E-state index is 12.6. The lowest BCUT2D eigenvalue weighted by Gasteiger charge is -2.10. The van der Waals surface area contributed by atoms with Gasteiger partial charge in [0.05, 0.1) is 10.6 Å². The molecule has 0 aliphatic rings. The molecule has 0 aliphatic heterocycles. The van der Waals surface area contributed by atoms with Crippen LogP contribution in [-0.4, -0.2) is 14.3 Å². The monoisotopic (exact) mass is 414 g/mol. The van der Waals surface area contributed by atoms with Gasteiger partial charge in [0.25, 0.3) is 15.9 Å². The average molecular weight is 415 g/mol. The molecule has 0 fully saturated rings. The van der Waals surface area contributed by atoms with E-state index in [2.05, 4.69) is 10.0 Å². The predicted molar refractivity (Wildman–Crippen MR) is 111 cm³/mol. The van der Waals surface area contributed by atoms with E-state index in [9.17, 15) is 13.2 Å². The fraction of sp³-hybridized carbons (Fsp3) is 0.0952. The number of sulfonamides is 1. The van der Waals surface area contributed by atoms with Crippen molar-refractivity contribution < 1.29 is 13.2 Å². The van der Waals surface area contributed by atoms with Crippen LogP contribution in [0.25, 0.3) is 0 Å². The highest BCUT2D eigenvalue weighted by Crippen LogP contribution is 2.20. The maximum atomic E-state index is 12.6. The van der Waals surface area contributed by atoms with Gasteiger partial charge in [-0.15, -0.1) is 0 Å². The number of rotatable bonds is 6. The van der Waals surface area contributed by atoms with E-state index in [1.807, 2.05) is 31.2 Å². The topological polar surface area (TPSA) is 75.3 Å². The largest absolute Gasteiger partial charge is 0.348 e. The third-order valence-corrected chi connectivity index (χ3v) is 5.67. The third-order valence-electron chi connectivity index (χ3n) is 4.06. The van der Waals surface area contributed by atoms with Crippen LogP contribution in [0.15, 0.2) is 77.7 Å². The summed E-state index contributed by atoms with van der Waals surface area (Å²) in [6.07, 6.45) is 0. The van der Waals surface area contributed by atoms with Crippen LogP contribution in [-0.2, 0) is 16.6 Å². The molecule has 144 valence electrons. The fourth-order valence-electron chi connectivity index (χ4n) is 2.56. The number of hydrogen-bond donors (Lipinski definition) is 2. The quantitative estimate of drug-likeness (QED) is 0.628. The van der Waals surface area contributed by atoms with Gasteiger partial charge in [0, 0.05) is 17.1 Å². The Morgan fingerprint density at radius 2 is 1.68 bits per heavy atom. The second kappa shape index (κ2) is 8.46. The Morgan fingerprint density at radius 3 is 2.39 bits per heavy atom. The molecule has 3 rings (SSSR count). The third kappa shape index (κ3) is 5.12. The van der Waals surface area contributed by atoms with Gasteiger partial charge < -0.3 is 5.32 Å². The summed E-state index contributed by atoms with van der Waals surface area (Å²) in [5.41, 5.74) is 2.72. The van der Waals surface area contributed by atoms with Crippen molar-refractivity contribution in [2.75, 3.05) is 4.72 Å². The van der Waals surface area contributed by atoms with Gasteiger partial charge in [0.2, 0.25) is 0 Å². The van der Waals surface area contributed by atoms with Crippen LogP contribution in [0.1, 0.15) is 21.5 Å². The molecule has 2 N–H and O–H groups in total. The summed E-state index contributed by atoms with van der Waals surface area (Å²) in [5.74, 6) is -0.347. The molecule has 0 aliphatic carbocycles. The van der Waals surface area contributed by atoms with Crippen LogP contribution < -0.4 is 10.0 Å². The molecule has 0 heterocycles. The van der Waals surface area contributed by atoms with Crippen LogP contribution in [0.5, 0.6) is 0 Å².